The lowest BCUT2D eigenvalue weighted by Gasteiger charge is -2.08. The number of hydrogen-bond acceptors (Lipinski definition) is 2. The highest BCUT2D eigenvalue weighted by molar-refractivity contribution is 8.32. The molecule has 1 unspecified atom stereocenters. The van der Waals surface area contributed by atoms with Crippen molar-refractivity contribution in [1.82, 2.24) is 0 Å². The first-order valence-electron chi connectivity index (χ1n) is 6.72. The lowest BCUT2D eigenvalue weighted by atomic mass is 10.1. The van der Waals surface area contributed by atoms with Gasteiger partial charge in [-0.15, -0.1) is 6.58 Å². The standard InChI is InChI=1S/C14H26OS2/c1-3-5-6-7-8-9-10-11-12-13(4-2)17-14(15)16/h4,13H,2-3,5-12H2,1H3,(H,15,16). The van der Waals surface area contributed by atoms with E-state index in [9.17, 15) is 4.79 Å². The van der Waals surface area contributed by atoms with Gasteiger partial charge in [0, 0.05) is 5.25 Å². The van der Waals surface area contributed by atoms with Crippen molar-refractivity contribution in [2.75, 3.05) is 0 Å². The van der Waals surface area contributed by atoms with E-state index in [1.54, 1.807) is 0 Å². The average molecular weight is 274 g/mol. The molecule has 0 amide bonds. The van der Waals surface area contributed by atoms with Gasteiger partial charge in [0.25, 0.3) is 0 Å². The predicted octanol–water partition coefficient (Wildman–Crippen LogP) is 5.85. The molecule has 0 fully saturated rings. The fourth-order valence-electron chi connectivity index (χ4n) is 1.83. The molecule has 1 atom stereocenters. The van der Waals surface area contributed by atoms with Crippen LogP contribution in [0, 0.1) is 0 Å². The molecule has 0 heterocycles. The van der Waals surface area contributed by atoms with Crippen molar-refractivity contribution in [2.24, 2.45) is 0 Å². The molecule has 0 aromatic carbocycles. The molecule has 3 heteroatoms. The Balaban J connectivity index is 3.31. The third-order valence-corrected chi connectivity index (χ3v) is 4.11. The molecule has 0 bridgehead atoms. The molecule has 0 aliphatic carbocycles. The van der Waals surface area contributed by atoms with Gasteiger partial charge in [-0.05, 0) is 6.42 Å². The minimum Gasteiger partial charge on any atom is -0.275 e. The van der Waals surface area contributed by atoms with Gasteiger partial charge >= 0.3 is 0 Å². The van der Waals surface area contributed by atoms with Crippen molar-refractivity contribution in [1.29, 1.82) is 0 Å². The van der Waals surface area contributed by atoms with Crippen LogP contribution in [-0.2, 0) is 0 Å². The summed E-state index contributed by atoms with van der Waals surface area (Å²) in [5.74, 6) is 0. The van der Waals surface area contributed by atoms with Crippen LogP contribution in [0.15, 0.2) is 12.7 Å². The largest absolute Gasteiger partial charge is 0.275 e. The van der Waals surface area contributed by atoms with Gasteiger partial charge < -0.3 is 0 Å². The molecule has 1 nitrogen and oxygen atoms in total. The van der Waals surface area contributed by atoms with Crippen molar-refractivity contribution >= 4 is 28.8 Å². The third-order valence-electron chi connectivity index (χ3n) is 2.86. The molecule has 0 aliphatic heterocycles. The number of thioether (sulfide) groups is 1. The van der Waals surface area contributed by atoms with E-state index < -0.39 is 0 Å². The first-order valence-corrected chi connectivity index (χ1v) is 8.05. The molecule has 0 saturated heterocycles. The van der Waals surface area contributed by atoms with Crippen LogP contribution >= 0.6 is 24.4 Å². The predicted molar refractivity (Wildman–Crippen MR) is 83.2 cm³/mol. The van der Waals surface area contributed by atoms with Gasteiger partial charge in [0.05, 0.1) is 0 Å². The summed E-state index contributed by atoms with van der Waals surface area (Å²) in [5, 5.41) is 0.250. The fraction of sp³-hybridized carbons (Fsp3) is 0.786. The molecule has 0 aromatic heterocycles. The number of thiol groups is 1. The Morgan fingerprint density at radius 3 is 2.18 bits per heavy atom. The van der Waals surface area contributed by atoms with Gasteiger partial charge in [0.15, 0.2) is 0 Å². The minimum atomic E-state index is -0.102. The normalized spacial score (nSPS) is 12.4. The van der Waals surface area contributed by atoms with Crippen molar-refractivity contribution in [3.8, 4) is 0 Å². The fourth-order valence-corrected chi connectivity index (χ4v) is 2.88. The van der Waals surface area contributed by atoms with Crippen LogP contribution in [0.25, 0.3) is 0 Å². The molecule has 0 aromatic rings. The number of unbranched alkanes of at least 4 members (excludes halogenated alkanes) is 7. The maximum absolute atomic E-state index is 10.8. The summed E-state index contributed by atoms with van der Waals surface area (Å²) in [6.45, 7) is 6.00. The van der Waals surface area contributed by atoms with Crippen LogP contribution in [0.5, 0.6) is 0 Å². The molecule has 17 heavy (non-hydrogen) atoms. The maximum Gasteiger partial charge on any atom is 0.243 e. The minimum absolute atomic E-state index is 0.102. The number of carbonyl (C=O) groups is 1. The second kappa shape index (κ2) is 12.6. The zero-order valence-corrected chi connectivity index (χ0v) is 12.7. The van der Waals surface area contributed by atoms with Crippen molar-refractivity contribution in [3.63, 3.8) is 0 Å². The summed E-state index contributed by atoms with van der Waals surface area (Å²) >= 11 is 5.06. The Morgan fingerprint density at radius 2 is 1.71 bits per heavy atom. The van der Waals surface area contributed by atoms with Crippen molar-refractivity contribution in [3.05, 3.63) is 12.7 Å². The zero-order valence-electron chi connectivity index (χ0n) is 11.0. The van der Waals surface area contributed by atoms with E-state index in [0.717, 1.165) is 6.42 Å². The van der Waals surface area contributed by atoms with Crippen molar-refractivity contribution in [2.45, 2.75) is 70.0 Å². The van der Waals surface area contributed by atoms with Gasteiger partial charge in [0.1, 0.15) is 0 Å². The van der Waals surface area contributed by atoms with Crippen LogP contribution in [0.2, 0.25) is 0 Å². The number of carbonyl (C=O) groups excluding carboxylic acids is 1. The molecule has 0 N–H and O–H groups in total. The van der Waals surface area contributed by atoms with Gasteiger partial charge in [-0.1, -0.05) is 88.8 Å². The molecule has 0 rings (SSSR count). The number of rotatable bonds is 11. The van der Waals surface area contributed by atoms with Crippen LogP contribution in [-0.4, -0.2) is 9.70 Å². The van der Waals surface area contributed by atoms with E-state index in [4.69, 9.17) is 0 Å². The first kappa shape index (κ1) is 17.1. The zero-order chi connectivity index (χ0) is 12.9. The van der Waals surface area contributed by atoms with Crippen LogP contribution in [0.1, 0.15) is 64.7 Å². The number of hydrogen-bond donors (Lipinski definition) is 1. The summed E-state index contributed by atoms with van der Waals surface area (Å²) in [7, 11) is 0. The highest BCUT2D eigenvalue weighted by Crippen LogP contribution is 2.22. The Morgan fingerprint density at radius 1 is 1.18 bits per heavy atom. The maximum atomic E-state index is 10.8. The van der Waals surface area contributed by atoms with Gasteiger partial charge in [-0.25, -0.2) is 0 Å². The second-order valence-electron chi connectivity index (χ2n) is 4.42. The second-order valence-corrected chi connectivity index (χ2v) is 6.34. The Labute approximate surface area is 116 Å². The monoisotopic (exact) mass is 274 g/mol. The van der Waals surface area contributed by atoms with Gasteiger partial charge in [-0.2, -0.15) is 0 Å². The summed E-state index contributed by atoms with van der Waals surface area (Å²) in [4.78, 5) is 10.8. The van der Waals surface area contributed by atoms with E-state index in [1.165, 1.54) is 63.1 Å². The summed E-state index contributed by atoms with van der Waals surface area (Å²) < 4.78 is -0.102. The molecule has 0 spiro atoms. The molecular weight excluding hydrogens is 248 g/mol. The van der Waals surface area contributed by atoms with E-state index in [2.05, 4.69) is 26.1 Å². The highest BCUT2D eigenvalue weighted by Gasteiger charge is 2.07. The molecule has 0 aliphatic rings. The highest BCUT2D eigenvalue weighted by atomic mass is 32.2. The summed E-state index contributed by atoms with van der Waals surface area (Å²) in [5.41, 5.74) is 0. The average Bonchev–Trinajstić information content (AvgIpc) is 2.30. The van der Waals surface area contributed by atoms with E-state index >= 15 is 0 Å². The molecule has 100 valence electrons. The van der Waals surface area contributed by atoms with Gasteiger partial charge in [-0.3, -0.25) is 4.79 Å². The van der Waals surface area contributed by atoms with Crippen molar-refractivity contribution < 1.29 is 4.79 Å². The quantitative estimate of drug-likeness (QED) is 0.289. The Bertz CT molecular complexity index is 204. The van der Waals surface area contributed by atoms with Gasteiger partial charge in [0.2, 0.25) is 4.45 Å². The summed E-state index contributed by atoms with van der Waals surface area (Å²) in [6, 6.07) is 0. The third kappa shape index (κ3) is 12.4. The van der Waals surface area contributed by atoms with Crippen LogP contribution < -0.4 is 0 Å². The molecule has 0 radical (unpaired) electrons. The Kier molecular flexibility index (Phi) is 12.6. The van der Waals surface area contributed by atoms with E-state index in [-0.39, 0.29) is 9.70 Å². The van der Waals surface area contributed by atoms with E-state index in [1.807, 2.05) is 6.08 Å². The summed E-state index contributed by atoms with van der Waals surface area (Å²) in [6.07, 6.45) is 13.5. The Hall–Kier alpha value is 0.110. The smallest absolute Gasteiger partial charge is 0.243 e. The topological polar surface area (TPSA) is 17.1 Å². The van der Waals surface area contributed by atoms with E-state index in [0.29, 0.717) is 0 Å². The van der Waals surface area contributed by atoms with Crippen LogP contribution in [0.3, 0.4) is 0 Å². The molecule has 0 saturated carbocycles. The van der Waals surface area contributed by atoms with Crippen LogP contribution in [0.4, 0.5) is 4.79 Å². The molecular formula is C14H26OS2. The lowest BCUT2D eigenvalue weighted by Crippen LogP contribution is -1.99. The lowest BCUT2D eigenvalue weighted by molar-refractivity contribution is 0.277. The first-order chi connectivity index (χ1) is 8.20. The SMILES string of the molecule is C=CC(CCCCCCCCCC)SC(=O)S.